The normalized spacial score (nSPS) is 29.3. The fraction of sp³-hybridized carbons (Fsp3) is 1.00. The number of nitrogens with two attached hydrogens (primary N) is 1. The van der Waals surface area contributed by atoms with Crippen LogP contribution in [0.25, 0.3) is 0 Å². The van der Waals surface area contributed by atoms with E-state index in [4.69, 9.17) is 5.73 Å². The first kappa shape index (κ1) is 11.0. The minimum atomic E-state index is 0.365. The van der Waals surface area contributed by atoms with Crippen LogP contribution in [0.1, 0.15) is 33.6 Å². The third-order valence-corrected chi connectivity index (χ3v) is 3.19. The molecule has 0 amide bonds. The second-order valence-corrected chi connectivity index (χ2v) is 4.87. The SMILES string of the molecule is CC(C)C(N)CCNCC1CC1C. The lowest BCUT2D eigenvalue weighted by molar-refractivity contribution is 0.446. The van der Waals surface area contributed by atoms with Gasteiger partial charge in [-0.3, -0.25) is 0 Å². The molecule has 2 heteroatoms. The molecule has 0 aromatic rings. The van der Waals surface area contributed by atoms with Gasteiger partial charge in [-0.25, -0.2) is 0 Å². The Kier molecular flexibility index (Phi) is 4.20. The van der Waals surface area contributed by atoms with E-state index in [-0.39, 0.29) is 0 Å². The van der Waals surface area contributed by atoms with E-state index in [2.05, 4.69) is 26.1 Å². The molecule has 1 fully saturated rings. The smallest absolute Gasteiger partial charge is 0.00739 e. The predicted molar refractivity (Wildman–Crippen MR) is 57.6 cm³/mol. The predicted octanol–water partition coefficient (Wildman–Crippen LogP) is 1.61. The van der Waals surface area contributed by atoms with E-state index in [1.807, 2.05) is 0 Å². The van der Waals surface area contributed by atoms with Crippen LogP contribution in [0.4, 0.5) is 0 Å². The molecule has 0 aliphatic heterocycles. The van der Waals surface area contributed by atoms with Gasteiger partial charge in [0.15, 0.2) is 0 Å². The molecular formula is C11H24N2. The maximum absolute atomic E-state index is 5.94. The number of hydrogen-bond donors (Lipinski definition) is 2. The van der Waals surface area contributed by atoms with Crippen LogP contribution >= 0.6 is 0 Å². The van der Waals surface area contributed by atoms with E-state index in [9.17, 15) is 0 Å². The van der Waals surface area contributed by atoms with E-state index < -0.39 is 0 Å². The van der Waals surface area contributed by atoms with Gasteiger partial charge in [-0.05, 0) is 43.7 Å². The van der Waals surface area contributed by atoms with Crippen molar-refractivity contribution >= 4 is 0 Å². The first-order chi connectivity index (χ1) is 6.11. The Morgan fingerprint density at radius 3 is 2.54 bits per heavy atom. The molecule has 0 aromatic heterocycles. The molecule has 3 N–H and O–H groups in total. The van der Waals surface area contributed by atoms with Crippen LogP contribution in [0.15, 0.2) is 0 Å². The summed E-state index contributed by atoms with van der Waals surface area (Å²) < 4.78 is 0. The van der Waals surface area contributed by atoms with Crippen molar-refractivity contribution in [3.05, 3.63) is 0 Å². The van der Waals surface area contributed by atoms with Crippen LogP contribution in [0.5, 0.6) is 0 Å². The zero-order chi connectivity index (χ0) is 9.84. The van der Waals surface area contributed by atoms with Crippen LogP contribution in [-0.2, 0) is 0 Å². The number of rotatable bonds is 6. The highest BCUT2D eigenvalue weighted by Gasteiger charge is 2.31. The molecule has 1 rings (SSSR count). The van der Waals surface area contributed by atoms with E-state index >= 15 is 0 Å². The van der Waals surface area contributed by atoms with E-state index in [1.165, 1.54) is 13.0 Å². The fourth-order valence-corrected chi connectivity index (χ4v) is 1.57. The molecule has 1 aliphatic rings. The summed E-state index contributed by atoms with van der Waals surface area (Å²) in [4.78, 5) is 0. The van der Waals surface area contributed by atoms with Crippen LogP contribution < -0.4 is 11.1 Å². The molecule has 0 bridgehead atoms. The van der Waals surface area contributed by atoms with Crippen molar-refractivity contribution in [3.63, 3.8) is 0 Å². The molecule has 13 heavy (non-hydrogen) atoms. The minimum Gasteiger partial charge on any atom is -0.327 e. The average molecular weight is 184 g/mol. The van der Waals surface area contributed by atoms with Gasteiger partial charge in [-0.2, -0.15) is 0 Å². The topological polar surface area (TPSA) is 38.0 Å². The van der Waals surface area contributed by atoms with Gasteiger partial charge in [0.1, 0.15) is 0 Å². The molecule has 3 atom stereocenters. The van der Waals surface area contributed by atoms with Gasteiger partial charge in [0.05, 0.1) is 0 Å². The summed E-state index contributed by atoms with van der Waals surface area (Å²) in [5.74, 6) is 2.53. The van der Waals surface area contributed by atoms with Crippen molar-refractivity contribution < 1.29 is 0 Å². The average Bonchev–Trinajstić information content (AvgIpc) is 2.75. The maximum Gasteiger partial charge on any atom is 0.00739 e. The first-order valence-corrected chi connectivity index (χ1v) is 5.57. The van der Waals surface area contributed by atoms with Crippen molar-refractivity contribution in [1.29, 1.82) is 0 Å². The quantitative estimate of drug-likeness (QED) is 0.615. The summed E-state index contributed by atoms with van der Waals surface area (Å²) in [5, 5.41) is 3.48. The molecule has 0 aromatic carbocycles. The van der Waals surface area contributed by atoms with E-state index in [1.54, 1.807) is 0 Å². The number of hydrogen-bond acceptors (Lipinski definition) is 2. The van der Waals surface area contributed by atoms with Crippen LogP contribution in [-0.4, -0.2) is 19.1 Å². The zero-order valence-corrected chi connectivity index (χ0v) is 9.22. The molecule has 1 aliphatic carbocycles. The summed E-state index contributed by atoms with van der Waals surface area (Å²) in [6.45, 7) is 8.99. The Morgan fingerprint density at radius 1 is 1.46 bits per heavy atom. The molecule has 0 saturated heterocycles. The van der Waals surface area contributed by atoms with Gasteiger partial charge in [0.2, 0.25) is 0 Å². The van der Waals surface area contributed by atoms with Crippen molar-refractivity contribution in [3.8, 4) is 0 Å². The zero-order valence-electron chi connectivity index (χ0n) is 9.22. The molecule has 1 saturated carbocycles. The van der Waals surface area contributed by atoms with Gasteiger partial charge in [-0.15, -0.1) is 0 Å². The van der Waals surface area contributed by atoms with Crippen molar-refractivity contribution in [2.45, 2.75) is 39.7 Å². The van der Waals surface area contributed by atoms with Gasteiger partial charge in [-0.1, -0.05) is 20.8 Å². The second kappa shape index (κ2) is 4.97. The van der Waals surface area contributed by atoms with Gasteiger partial charge < -0.3 is 11.1 Å². The van der Waals surface area contributed by atoms with Crippen LogP contribution in [0.2, 0.25) is 0 Å². The van der Waals surface area contributed by atoms with E-state index in [0.29, 0.717) is 12.0 Å². The Hall–Kier alpha value is -0.0800. The van der Waals surface area contributed by atoms with E-state index in [0.717, 1.165) is 24.8 Å². The lowest BCUT2D eigenvalue weighted by Crippen LogP contribution is -2.31. The molecule has 2 nitrogen and oxygen atoms in total. The summed E-state index contributed by atoms with van der Waals surface area (Å²) in [6.07, 6.45) is 2.53. The van der Waals surface area contributed by atoms with Gasteiger partial charge in [0, 0.05) is 6.04 Å². The van der Waals surface area contributed by atoms with Crippen LogP contribution in [0.3, 0.4) is 0 Å². The Balaban J connectivity index is 1.89. The molecule has 78 valence electrons. The number of nitrogens with one attached hydrogen (secondary N) is 1. The van der Waals surface area contributed by atoms with Gasteiger partial charge in [0.25, 0.3) is 0 Å². The largest absolute Gasteiger partial charge is 0.327 e. The fourth-order valence-electron chi connectivity index (χ4n) is 1.57. The maximum atomic E-state index is 5.94. The summed E-state index contributed by atoms with van der Waals surface area (Å²) in [7, 11) is 0. The van der Waals surface area contributed by atoms with Crippen molar-refractivity contribution in [1.82, 2.24) is 5.32 Å². The molecule has 0 spiro atoms. The van der Waals surface area contributed by atoms with Crippen molar-refractivity contribution in [2.75, 3.05) is 13.1 Å². The Morgan fingerprint density at radius 2 is 2.08 bits per heavy atom. The Labute approximate surface area is 82.3 Å². The monoisotopic (exact) mass is 184 g/mol. The molecule has 0 radical (unpaired) electrons. The third-order valence-electron chi connectivity index (χ3n) is 3.19. The summed E-state index contributed by atoms with van der Waals surface area (Å²) in [5.41, 5.74) is 5.94. The first-order valence-electron chi connectivity index (χ1n) is 5.57. The highest BCUT2D eigenvalue weighted by molar-refractivity contribution is 4.84. The highest BCUT2D eigenvalue weighted by Crippen LogP contribution is 2.36. The molecule has 0 heterocycles. The minimum absolute atomic E-state index is 0.365. The molecule has 3 unspecified atom stereocenters. The standard InChI is InChI=1S/C11H24N2/c1-8(2)11(12)4-5-13-7-10-6-9(10)3/h8-11,13H,4-7,12H2,1-3H3. The highest BCUT2D eigenvalue weighted by atomic mass is 14.9. The molecular weight excluding hydrogens is 160 g/mol. The lowest BCUT2D eigenvalue weighted by Gasteiger charge is -2.15. The van der Waals surface area contributed by atoms with Gasteiger partial charge >= 0.3 is 0 Å². The lowest BCUT2D eigenvalue weighted by atomic mass is 10.0. The Bertz CT molecular complexity index is 145. The summed E-state index contributed by atoms with van der Waals surface area (Å²) >= 11 is 0. The third kappa shape index (κ3) is 4.10. The van der Waals surface area contributed by atoms with Crippen LogP contribution in [0, 0.1) is 17.8 Å². The summed E-state index contributed by atoms with van der Waals surface area (Å²) in [6, 6.07) is 0.365. The second-order valence-electron chi connectivity index (χ2n) is 4.87. The van der Waals surface area contributed by atoms with Crippen molar-refractivity contribution in [2.24, 2.45) is 23.5 Å².